The van der Waals surface area contributed by atoms with Crippen LogP contribution in [0.3, 0.4) is 0 Å². The van der Waals surface area contributed by atoms with E-state index in [0.29, 0.717) is 10.8 Å². The molecule has 2 heteroatoms. The van der Waals surface area contributed by atoms with Crippen LogP contribution in [0.2, 0.25) is 0 Å². The van der Waals surface area contributed by atoms with Crippen molar-refractivity contribution in [2.75, 3.05) is 0 Å². The highest BCUT2D eigenvalue weighted by Gasteiger charge is 2.21. The van der Waals surface area contributed by atoms with Gasteiger partial charge in [0.05, 0.1) is 0 Å². The van der Waals surface area contributed by atoms with Gasteiger partial charge < -0.3 is 4.42 Å². The lowest BCUT2D eigenvalue weighted by atomic mass is 9.85. The fraction of sp³-hybridized carbons (Fsp3) is 0. The van der Waals surface area contributed by atoms with Crippen LogP contribution in [0.4, 0.5) is 4.39 Å². The summed E-state index contributed by atoms with van der Waals surface area (Å²) >= 11 is 0. The molecule has 224 valence electrons. The van der Waals surface area contributed by atoms with E-state index in [1.165, 1.54) is 38.2 Å². The molecule has 1 nitrogen and oxygen atoms in total. The molecule has 0 atom stereocenters. The lowest BCUT2D eigenvalue weighted by Gasteiger charge is -2.17. The lowest BCUT2D eigenvalue weighted by Crippen LogP contribution is -1.90. The van der Waals surface area contributed by atoms with Crippen LogP contribution in [0, 0.1) is 5.82 Å². The van der Waals surface area contributed by atoms with Crippen molar-refractivity contribution in [3.63, 3.8) is 0 Å². The molecule has 0 saturated carbocycles. The Balaban J connectivity index is 1.26. The monoisotopic (exact) mass is 614 g/mol. The molecule has 10 rings (SSSR count). The van der Waals surface area contributed by atoms with E-state index in [-0.39, 0.29) is 5.82 Å². The van der Waals surface area contributed by atoms with Crippen LogP contribution in [0.1, 0.15) is 0 Å². The normalized spacial score (nSPS) is 11.9. The Morgan fingerprint density at radius 3 is 1.38 bits per heavy atom. The Morgan fingerprint density at radius 1 is 0.333 bits per heavy atom. The molecule has 0 aliphatic carbocycles. The molecule has 0 unspecified atom stereocenters. The Hall–Kier alpha value is -6.25. The van der Waals surface area contributed by atoms with Gasteiger partial charge in [-0.15, -0.1) is 0 Å². The first-order chi connectivity index (χ1) is 23.8. The summed E-state index contributed by atoms with van der Waals surface area (Å²) in [6, 6.07) is 56.5. The van der Waals surface area contributed by atoms with Gasteiger partial charge in [-0.25, -0.2) is 4.39 Å². The molecule has 1 aromatic heterocycles. The van der Waals surface area contributed by atoms with Crippen molar-refractivity contribution in [2.45, 2.75) is 0 Å². The Labute approximate surface area is 276 Å². The first-order valence-electron chi connectivity index (χ1n) is 16.3. The first kappa shape index (κ1) is 26.9. The minimum Gasteiger partial charge on any atom is -0.455 e. The van der Waals surface area contributed by atoms with E-state index in [2.05, 4.69) is 115 Å². The highest BCUT2D eigenvalue weighted by Crippen LogP contribution is 2.47. The van der Waals surface area contributed by atoms with E-state index in [9.17, 15) is 0 Å². The van der Waals surface area contributed by atoms with E-state index >= 15 is 4.39 Å². The van der Waals surface area contributed by atoms with Gasteiger partial charge in [-0.05, 0) is 66.7 Å². The zero-order valence-electron chi connectivity index (χ0n) is 25.9. The quantitative estimate of drug-likeness (QED) is 0.181. The lowest BCUT2D eigenvalue weighted by molar-refractivity contribution is 0.651. The second kappa shape index (κ2) is 10.4. The van der Waals surface area contributed by atoms with Crippen molar-refractivity contribution in [3.8, 4) is 33.4 Å². The molecule has 0 fully saturated rings. The molecular weight excluding hydrogens is 588 g/mol. The minimum absolute atomic E-state index is 0.183. The van der Waals surface area contributed by atoms with Gasteiger partial charge in [0, 0.05) is 32.7 Å². The zero-order chi connectivity index (χ0) is 31.8. The number of furan rings is 1. The minimum atomic E-state index is -0.183. The smallest absolute Gasteiger partial charge is 0.143 e. The van der Waals surface area contributed by atoms with Crippen molar-refractivity contribution in [1.82, 2.24) is 0 Å². The maximum atomic E-state index is 15.7. The SMILES string of the molecule is Fc1c2ccccc2c(-c2ccc3c(c2)oc2c(-c4c5ccccc5c(-c5ccccc5)c5ccccc45)cccc23)c2ccccc12. The maximum Gasteiger partial charge on any atom is 0.143 e. The van der Waals surface area contributed by atoms with Gasteiger partial charge >= 0.3 is 0 Å². The average molecular weight is 615 g/mol. The molecule has 1 heterocycles. The van der Waals surface area contributed by atoms with Gasteiger partial charge in [0.15, 0.2) is 0 Å². The molecular formula is C46H27FO. The van der Waals surface area contributed by atoms with E-state index in [0.717, 1.165) is 49.4 Å². The molecule has 0 aliphatic heterocycles. The fourth-order valence-corrected chi connectivity index (χ4v) is 7.87. The van der Waals surface area contributed by atoms with E-state index in [1.807, 2.05) is 48.5 Å². The maximum absolute atomic E-state index is 15.7. The summed E-state index contributed by atoms with van der Waals surface area (Å²) in [7, 11) is 0. The Morgan fingerprint density at radius 2 is 0.792 bits per heavy atom. The summed E-state index contributed by atoms with van der Waals surface area (Å²) in [6.45, 7) is 0. The van der Waals surface area contributed by atoms with Crippen LogP contribution in [0.25, 0.3) is 98.4 Å². The molecule has 0 spiro atoms. The predicted octanol–water partition coefficient (Wildman–Crippen LogP) is 13.3. The predicted molar refractivity (Wildman–Crippen MR) is 200 cm³/mol. The summed E-state index contributed by atoms with van der Waals surface area (Å²) in [4.78, 5) is 0. The van der Waals surface area contributed by atoms with E-state index in [4.69, 9.17) is 4.42 Å². The molecule has 10 aromatic rings. The van der Waals surface area contributed by atoms with Crippen molar-refractivity contribution in [3.05, 3.63) is 170 Å². The summed E-state index contributed by atoms with van der Waals surface area (Å²) in [5, 5.41) is 9.95. The number of halogens is 1. The molecule has 0 N–H and O–H groups in total. The van der Waals surface area contributed by atoms with E-state index < -0.39 is 0 Å². The van der Waals surface area contributed by atoms with Crippen molar-refractivity contribution in [2.24, 2.45) is 0 Å². The molecule has 48 heavy (non-hydrogen) atoms. The number of fused-ring (bicyclic) bond motifs is 7. The largest absolute Gasteiger partial charge is 0.455 e. The number of hydrogen-bond acceptors (Lipinski definition) is 1. The van der Waals surface area contributed by atoms with Crippen molar-refractivity contribution in [1.29, 1.82) is 0 Å². The number of para-hydroxylation sites is 1. The molecule has 0 aliphatic rings. The van der Waals surface area contributed by atoms with Crippen molar-refractivity contribution < 1.29 is 8.81 Å². The third-order valence-electron chi connectivity index (χ3n) is 9.92. The second-order valence-electron chi connectivity index (χ2n) is 12.5. The number of rotatable bonds is 3. The zero-order valence-corrected chi connectivity index (χ0v) is 25.9. The summed E-state index contributed by atoms with van der Waals surface area (Å²) in [6.07, 6.45) is 0. The fourth-order valence-electron chi connectivity index (χ4n) is 7.87. The summed E-state index contributed by atoms with van der Waals surface area (Å²) < 4.78 is 22.6. The molecule has 0 amide bonds. The van der Waals surface area contributed by atoms with Gasteiger partial charge in [0.25, 0.3) is 0 Å². The highest BCUT2D eigenvalue weighted by atomic mass is 19.1. The third kappa shape index (κ3) is 3.84. The molecule has 0 saturated heterocycles. The summed E-state index contributed by atoms with van der Waals surface area (Å²) in [5.41, 5.74) is 8.36. The van der Waals surface area contributed by atoms with Crippen LogP contribution in [-0.2, 0) is 0 Å². The first-order valence-corrected chi connectivity index (χ1v) is 16.3. The molecule has 0 radical (unpaired) electrons. The highest BCUT2D eigenvalue weighted by molar-refractivity contribution is 6.24. The molecule has 0 bridgehead atoms. The molecule has 9 aromatic carbocycles. The van der Waals surface area contributed by atoms with Crippen LogP contribution < -0.4 is 0 Å². The number of benzene rings is 9. The van der Waals surface area contributed by atoms with Crippen LogP contribution >= 0.6 is 0 Å². The van der Waals surface area contributed by atoms with Gasteiger partial charge in [0.1, 0.15) is 17.0 Å². The standard InChI is InChI=1S/C46H27FO/c47-45-37-21-10-8-19-35(37)43(36-20-9-11-22-38(36)45)29-25-26-30-39-23-12-24-40(46(39)48-41(30)27-29)44-33-17-6-4-15-31(33)42(28-13-2-1-3-14-28)32-16-5-7-18-34(32)44/h1-27H. The topological polar surface area (TPSA) is 13.1 Å². The van der Waals surface area contributed by atoms with Crippen molar-refractivity contribution >= 4 is 65.0 Å². The average Bonchev–Trinajstić information content (AvgIpc) is 3.53. The Kier molecular flexibility index (Phi) is 5.82. The van der Waals surface area contributed by atoms with Gasteiger partial charge in [-0.3, -0.25) is 0 Å². The van der Waals surface area contributed by atoms with Crippen LogP contribution in [0.15, 0.2) is 168 Å². The van der Waals surface area contributed by atoms with Gasteiger partial charge in [-0.2, -0.15) is 0 Å². The van der Waals surface area contributed by atoms with Gasteiger partial charge in [0.2, 0.25) is 0 Å². The third-order valence-corrected chi connectivity index (χ3v) is 9.92. The summed E-state index contributed by atoms with van der Waals surface area (Å²) in [5.74, 6) is -0.183. The Bertz CT molecular complexity index is 2780. The van der Waals surface area contributed by atoms with Crippen LogP contribution in [0.5, 0.6) is 0 Å². The second-order valence-corrected chi connectivity index (χ2v) is 12.5. The van der Waals surface area contributed by atoms with Gasteiger partial charge in [-0.1, -0.05) is 152 Å². The number of hydrogen-bond donors (Lipinski definition) is 0. The van der Waals surface area contributed by atoms with E-state index in [1.54, 1.807) is 0 Å². The van der Waals surface area contributed by atoms with Crippen LogP contribution in [-0.4, -0.2) is 0 Å².